The fourth-order valence-corrected chi connectivity index (χ4v) is 6.11. The molecule has 8 nitrogen and oxygen atoms in total. The molecule has 0 amide bonds. The maximum atomic E-state index is 12.4. The van der Waals surface area contributed by atoms with Crippen molar-refractivity contribution < 1.29 is 34.0 Å². The minimum Gasteiger partial charge on any atom is -0.462 e. The quantitative estimate of drug-likeness (QED) is 0.140. The third-order valence-electron chi connectivity index (χ3n) is 7.74. The van der Waals surface area contributed by atoms with Crippen molar-refractivity contribution in [3.63, 3.8) is 0 Å². The highest BCUT2D eigenvalue weighted by atomic mass is 32.2. The van der Waals surface area contributed by atoms with E-state index in [2.05, 4.69) is 6.92 Å². The average molecular weight is 593 g/mol. The van der Waals surface area contributed by atoms with Crippen LogP contribution in [0.15, 0.2) is 33.5 Å². The fraction of sp³-hybridized carbons (Fsp3) is 0.688. The summed E-state index contributed by atoms with van der Waals surface area (Å²) in [5, 5.41) is 32.0. The normalized spacial score (nSPS) is 22.7. The van der Waals surface area contributed by atoms with Crippen molar-refractivity contribution in [3.8, 4) is 5.75 Å². The molecule has 3 N–H and O–H groups in total. The summed E-state index contributed by atoms with van der Waals surface area (Å²) in [5.74, 6) is 0.400. The van der Waals surface area contributed by atoms with Crippen LogP contribution in [0.2, 0.25) is 0 Å². The molecule has 0 saturated carbocycles. The third kappa shape index (κ3) is 11.0. The molecule has 3 unspecified atom stereocenters. The lowest BCUT2D eigenvalue weighted by molar-refractivity contribution is -0.267. The molecule has 0 bridgehead atoms. The summed E-state index contributed by atoms with van der Waals surface area (Å²) in [7, 11) is 0. The number of aryl methyl sites for hydroxylation is 1. The molecule has 2 aromatic rings. The molecule has 2 heterocycles. The zero-order valence-corrected chi connectivity index (χ0v) is 25.4. The van der Waals surface area contributed by atoms with Gasteiger partial charge in [-0.05, 0) is 31.0 Å². The van der Waals surface area contributed by atoms with Crippen LogP contribution in [0.4, 0.5) is 0 Å². The maximum Gasteiger partial charge on any atom is 0.336 e. The highest BCUT2D eigenvalue weighted by Gasteiger charge is 2.45. The van der Waals surface area contributed by atoms with Gasteiger partial charge in [0.15, 0.2) is 5.12 Å². The SMILES string of the molecule is CCCCCCCCCCCCCCCC(=O)SCC1O[C@@H](Oc2ccc3c(C)cc(=O)oc3c2)C(O)C(O)[C@@H]1O. The Hall–Kier alpha value is -1.91. The van der Waals surface area contributed by atoms with Gasteiger partial charge in [-0.3, -0.25) is 4.79 Å². The molecule has 9 heteroatoms. The topological polar surface area (TPSA) is 126 Å². The molecule has 1 saturated heterocycles. The minimum absolute atomic E-state index is 0.0156. The highest BCUT2D eigenvalue weighted by molar-refractivity contribution is 8.13. The lowest BCUT2D eigenvalue weighted by Crippen LogP contribution is -2.59. The van der Waals surface area contributed by atoms with Crippen molar-refractivity contribution >= 4 is 27.8 Å². The van der Waals surface area contributed by atoms with Crippen LogP contribution < -0.4 is 10.4 Å². The van der Waals surface area contributed by atoms with Crippen LogP contribution in [0.3, 0.4) is 0 Å². The molecule has 0 radical (unpaired) electrons. The molecule has 1 aliphatic rings. The summed E-state index contributed by atoms with van der Waals surface area (Å²) in [4.78, 5) is 24.2. The van der Waals surface area contributed by atoms with Gasteiger partial charge in [-0.2, -0.15) is 0 Å². The van der Waals surface area contributed by atoms with E-state index >= 15 is 0 Å². The van der Waals surface area contributed by atoms with Gasteiger partial charge in [0.25, 0.3) is 0 Å². The Morgan fingerprint density at radius 3 is 2.10 bits per heavy atom. The van der Waals surface area contributed by atoms with Crippen LogP contribution in [0.25, 0.3) is 11.0 Å². The van der Waals surface area contributed by atoms with Crippen molar-refractivity contribution in [2.45, 2.75) is 134 Å². The zero-order chi connectivity index (χ0) is 29.6. The maximum absolute atomic E-state index is 12.4. The standard InChI is InChI=1S/C32H48O8S/c1-3-4-5-6-7-8-9-10-11-12-13-14-15-16-28(34)41-21-26-29(35)30(36)31(37)32(40-26)38-23-17-18-24-22(2)19-27(33)39-25(24)20-23/h17-20,26,29-32,35-37H,3-16,21H2,1-2H3/t26?,29-,30?,31?,32-/m1/s1. The first-order chi connectivity index (χ1) is 19.8. The van der Waals surface area contributed by atoms with Gasteiger partial charge in [0.05, 0.1) is 6.10 Å². The van der Waals surface area contributed by atoms with Gasteiger partial charge >= 0.3 is 5.63 Å². The number of rotatable bonds is 18. The molecule has 1 aliphatic heterocycles. The van der Waals surface area contributed by atoms with Crippen LogP contribution in [0.1, 0.15) is 102 Å². The third-order valence-corrected chi connectivity index (χ3v) is 8.76. The molecular formula is C32H48O8S. The largest absolute Gasteiger partial charge is 0.462 e. The van der Waals surface area contributed by atoms with Crippen LogP contribution in [0.5, 0.6) is 5.75 Å². The number of benzene rings is 1. The van der Waals surface area contributed by atoms with Crippen molar-refractivity contribution in [2.75, 3.05) is 5.75 Å². The molecule has 0 aliphatic carbocycles. The number of aliphatic hydroxyl groups excluding tert-OH is 3. The monoisotopic (exact) mass is 592 g/mol. The summed E-state index contributed by atoms with van der Waals surface area (Å²) >= 11 is 1.07. The molecule has 230 valence electrons. The Morgan fingerprint density at radius 1 is 0.854 bits per heavy atom. The molecule has 5 atom stereocenters. The van der Waals surface area contributed by atoms with E-state index in [1.54, 1.807) is 19.1 Å². The van der Waals surface area contributed by atoms with Crippen LogP contribution >= 0.6 is 11.8 Å². The number of thioether (sulfide) groups is 1. The van der Waals surface area contributed by atoms with Crippen LogP contribution in [-0.2, 0) is 9.53 Å². The Labute approximate surface area is 247 Å². The fourth-order valence-electron chi connectivity index (χ4n) is 5.20. The smallest absolute Gasteiger partial charge is 0.336 e. The molecule has 0 spiro atoms. The van der Waals surface area contributed by atoms with E-state index in [0.29, 0.717) is 12.0 Å². The summed E-state index contributed by atoms with van der Waals surface area (Å²) in [5.41, 5.74) is 0.598. The Morgan fingerprint density at radius 2 is 1.46 bits per heavy atom. The number of hydrogen-bond donors (Lipinski definition) is 3. The van der Waals surface area contributed by atoms with E-state index < -0.39 is 36.3 Å². The number of hydrogen-bond acceptors (Lipinski definition) is 9. The van der Waals surface area contributed by atoms with E-state index in [4.69, 9.17) is 13.9 Å². The van der Waals surface area contributed by atoms with Gasteiger partial charge in [0.1, 0.15) is 29.6 Å². The van der Waals surface area contributed by atoms with E-state index in [1.807, 2.05) is 0 Å². The molecule has 1 fully saturated rings. The molecule has 41 heavy (non-hydrogen) atoms. The van der Waals surface area contributed by atoms with E-state index in [0.717, 1.165) is 42.0 Å². The van der Waals surface area contributed by atoms with E-state index in [-0.39, 0.29) is 16.6 Å². The number of carbonyl (C=O) groups is 1. The molecular weight excluding hydrogens is 544 g/mol. The lowest BCUT2D eigenvalue weighted by Gasteiger charge is -2.40. The van der Waals surface area contributed by atoms with Crippen molar-refractivity contribution in [3.05, 3.63) is 40.2 Å². The number of fused-ring (bicyclic) bond motifs is 1. The first-order valence-electron chi connectivity index (χ1n) is 15.4. The van der Waals surface area contributed by atoms with Gasteiger partial charge in [0, 0.05) is 29.7 Å². The average Bonchev–Trinajstić information content (AvgIpc) is 2.94. The lowest BCUT2D eigenvalue weighted by atomic mass is 10.00. The zero-order valence-electron chi connectivity index (χ0n) is 24.6. The first kappa shape index (κ1) is 33.6. The second-order valence-corrected chi connectivity index (χ2v) is 12.3. The number of ether oxygens (including phenoxy) is 2. The Bertz CT molecular complexity index is 1120. The summed E-state index contributed by atoms with van der Waals surface area (Å²) < 4.78 is 16.8. The second-order valence-electron chi connectivity index (χ2n) is 11.2. The van der Waals surface area contributed by atoms with Crippen LogP contribution in [-0.4, -0.2) is 56.9 Å². The van der Waals surface area contributed by atoms with Gasteiger partial charge in [-0.25, -0.2) is 4.79 Å². The number of aliphatic hydroxyl groups is 3. The van der Waals surface area contributed by atoms with Crippen molar-refractivity contribution in [1.29, 1.82) is 0 Å². The summed E-state index contributed by atoms with van der Waals surface area (Å²) in [6.45, 7) is 4.05. The molecule has 1 aromatic heterocycles. The van der Waals surface area contributed by atoms with Crippen molar-refractivity contribution in [1.82, 2.24) is 0 Å². The van der Waals surface area contributed by atoms with Gasteiger partial charge in [-0.15, -0.1) is 0 Å². The van der Waals surface area contributed by atoms with Crippen molar-refractivity contribution in [2.24, 2.45) is 0 Å². The van der Waals surface area contributed by atoms with Gasteiger partial charge < -0.3 is 29.2 Å². The highest BCUT2D eigenvalue weighted by Crippen LogP contribution is 2.29. The Kier molecular flexibility index (Phi) is 14.7. The predicted molar refractivity (Wildman–Crippen MR) is 162 cm³/mol. The first-order valence-corrected chi connectivity index (χ1v) is 16.3. The molecule has 1 aromatic carbocycles. The van der Waals surface area contributed by atoms with E-state index in [9.17, 15) is 24.9 Å². The van der Waals surface area contributed by atoms with Gasteiger partial charge in [-0.1, -0.05) is 95.7 Å². The second kappa shape index (κ2) is 17.9. The number of unbranched alkanes of at least 4 members (excludes halogenated alkanes) is 12. The predicted octanol–water partition coefficient (Wildman–Crippen LogP) is 6.03. The summed E-state index contributed by atoms with van der Waals surface area (Å²) in [6, 6.07) is 6.29. The molecule has 3 rings (SSSR count). The van der Waals surface area contributed by atoms with Gasteiger partial charge in [0.2, 0.25) is 6.29 Å². The van der Waals surface area contributed by atoms with E-state index in [1.165, 1.54) is 76.3 Å². The summed E-state index contributed by atoms with van der Waals surface area (Å²) in [6.07, 6.45) is 10.1. The minimum atomic E-state index is -1.51. The van der Waals surface area contributed by atoms with Crippen LogP contribution in [0, 0.1) is 6.92 Å². The number of carbonyl (C=O) groups excluding carboxylic acids is 1. The Balaban J connectivity index is 1.34.